The Labute approximate surface area is 160 Å². The Morgan fingerprint density at radius 2 is 1.93 bits per heavy atom. The topological polar surface area (TPSA) is 94.3 Å². The van der Waals surface area contributed by atoms with Gasteiger partial charge < -0.3 is 4.74 Å². The van der Waals surface area contributed by atoms with Crippen molar-refractivity contribution < 1.29 is 9.53 Å². The standard InChI is InChI=1S/C20H16N6O2/c1-28-19-11-8-14-4-2-3-5-17(14)18(19)12-21-23-20(27)15-6-9-16(10-7-15)26-13-22-24-25-26/h2-13H,1H3,(H,23,27)/b21-12+. The highest BCUT2D eigenvalue weighted by Gasteiger charge is 2.08. The van der Waals surface area contributed by atoms with Crippen molar-refractivity contribution in [3.8, 4) is 11.4 Å². The number of rotatable bonds is 5. The Balaban J connectivity index is 1.52. The zero-order valence-electron chi connectivity index (χ0n) is 15.0. The molecule has 0 bridgehead atoms. The molecule has 0 aliphatic heterocycles. The first kappa shape index (κ1) is 17.3. The molecule has 4 rings (SSSR count). The van der Waals surface area contributed by atoms with Crippen LogP contribution in [-0.2, 0) is 0 Å². The number of fused-ring (bicyclic) bond motifs is 1. The van der Waals surface area contributed by atoms with Gasteiger partial charge in [-0.2, -0.15) is 5.10 Å². The van der Waals surface area contributed by atoms with Crippen LogP contribution in [0.2, 0.25) is 0 Å². The van der Waals surface area contributed by atoms with Gasteiger partial charge in [-0.05, 0) is 51.5 Å². The van der Waals surface area contributed by atoms with Crippen LogP contribution in [0.5, 0.6) is 5.75 Å². The fourth-order valence-corrected chi connectivity index (χ4v) is 2.85. The van der Waals surface area contributed by atoms with Gasteiger partial charge in [0.15, 0.2) is 0 Å². The van der Waals surface area contributed by atoms with Crippen LogP contribution in [0.15, 0.2) is 72.1 Å². The number of nitrogens with one attached hydrogen (secondary N) is 1. The summed E-state index contributed by atoms with van der Waals surface area (Å²) < 4.78 is 6.93. The molecule has 8 nitrogen and oxygen atoms in total. The second-order valence-electron chi connectivity index (χ2n) is 5.90. The van der Waals surface area contributed by atoms with Gasteiger partial charge in [0.25, 0.3) is 5.91 Å². The number of aromatic nitrogens is 4. The van der Waals surface area contributed by atoms with Gasteiger partial charge in [0.2, 0.25) is 0 Å². The highest BCUT2D eigenvalue weighted by molar-refractivity contribution is 6.03. The molecule has 4 aromatic rings. The molecule has 0 unspecified atom stereocenters. The smallest absolute Gasteiger partial charge is 0.271 e. The molecule has 1 amide bonds. The van der Waals surface area contributed by atoms with Crippen LogP contribution in [0, 0.1) is 0 Å². The van der Waals surface area contributed by atoms with E-state index in [0.717, 1.165) is 22.0 Å². The third kappa shape index (κ3) is 3.43. The monoisotopic (exact) mass is 372 g/mol. The van der Waals surface area contributed by atoms with Crippen molar-refractivity contribution >= 4 is 22.9 Å². The molecule has 0 aliphatic rings. The minimum atomic E-state index is -0.321. The molecule has 0 aliphatic carbocycles. The van der Waals surface area contributed by atoms with E-state index in [1.807, 2.05) is 36.4 Å². The third-order valence-electron chi connectivity index (χ3n) is 4.25. The quantitative estimate of drug-likeness (QED) is 0.429. The lowest BCUT2D eigenvalue weighted by atomic mass is 10.0. The average molecular weight is 372 g/mol. The molecule has 138 valence electrons. The summed E-state index contributed by atoms with van der Waals surface area (Å²) in [6.07, 6.45) is 3.07. The minimum absolute atomic E-state index is 0.321. The highest BCUT2D eigenvalue weighted by Crippen LogP contribution is 2.26. The van der Waals surface area contributed by atoms with Crippen molar-refractivity contribution in [2.24, 2.45) is 5.10 Å². The van der Waals surface area contributed by atoms with E-state index in [1.165, 1.54) is 11.0 Å². The number of hydrogen-bond donors (Lipinski definition) is 1. The van der Waals surface area contributed by atoms with Crippen molar-refractivity contribution in [2.75, 3.05) is 7.11 Å². The molecule has 1 N–H and O–H groups in total. The summed E-state index contributed by atoms with van der Waals surface area (Å²) in [4.78, 5) is 12.3. The Morgan fingerprint density at radius 1 is 1.11 bits per heavy atom. The summed E-state index contributed by atoms with van der Waals surface area (Å²) in [7, 11) is 1.60. The largest absolute Gasteiger partial charge is 0.496 e. The predicted octanol–water partition coefficient (Wildman–Crippen LogP) is 2.59. The predicted molar refractivity (Wildman–Crippen MR) is 105 cm³/mol. The van der Waals surface area contributed by atoms with Gasteiger partial charge in [0.05, 0.1) is 19.0 Å². The van der Waals surface area contributed by atoms with Crippen LogP contribution in [0.1, 0.15) is 15.9 Å². The molecule has 8 heteroatoms. The number of ether oxygens (including phenoxy) is 1. The maximum Gasteiger partial charge on any atom is 0.271 e. The molecule has 3 aromatic carbocycles. The number of methoxy groups -OCH3 is 1. The Kier molecular flexibility index (Phi) is 4.75. The first-order valence-corrected chi connectivity index (χ1v) is 8.49. The number of carbonyl (C=O) groups excluding carboxylic acids is 1. The normalized spacial score (nSPS) is 11.0. The summed E-state index contributed by atoms with van der Waals surface area (Å²) in [5, 5.41) is 17.1. The summed E-state index contributed by atoms with van der Waals surface area (Å²) in [5.74, 6) is 0.362. The van der Waals surface area contributed by atoms with Crippen LogP contribution < -0.4 is 10.2 Å². The number of tetrazole rings is 1. The molecule has 1 heterocycles. The van der Waals surface area contributed by atoms with Crippen LogP contribution in [0.25, 0.3) is 16.5 Å². The molecule has 0 fully saturated rings. The van der Waals surface area contributed by atoms with Crippen LogP contribution >= 0.6 is 0 Å². The van der Waals surface area contributed by atoms with E-state index in [-0.39, 0.29) is 5.91 Å². The van der Waals surface area contributed by atoms with E-state index in [9.17, 15) is 4.79 Å². The lowest BCUT2D eigenvalue weighted by molar-refractivity contribution is 0.0955. The number of carbonyl (C=O) groups is 1. The second kappa shape index (κ2) is 7.67. The van der Waals surface area contributed by atoms with E-state index in [1.54, 1.807) is 37.6 Å². The first-order chi connectivity index (χ1) is 13.8. The van der Waals surface area contributed by atoms with E-state index in [0.29, 0.717) is 11.3 Å². The van der Waals surface area contributed by atoms with E-state index < -0.39 is 0 Å². The van der Waals surface area contributed by atoms with E-state index >= 15 is 0 Å². The zero-order chi connectivity index (χ0) is 19.3. The van der Waals surface area contributed by atoms with Crippen LogP contribution in [0.4, 0.5) is 0 Å². The number of hydrazone groups is 1. The van der Waals surface area contributed by atoms with Crippen LogP contribution in [0.3, 0.4) is 0 Å². The molecule has 0 spiro atoms. The zero-order valence-corrected chi connectivity index (χ0v) is 15.0. The van der Waals surface area contributed by atoms with E-state index in [2.05, 4.69) is 26.1 Å². The summed E-state index contributed by atoms with van der Waals surface area (Å²) in [6.45, 7) is 0. The maximum absolute atomic E-state index is 12.3. The van der Waals surface area contributed by atoms with E-state index in [4.69, 9.17) is 4.74 Å². The number of benzene rings is 3. The van der Waals surface area contributed by atoms with Crippen molar-refractivity contribution in [1.29, 1.82) is 0 Å². The Bertz CT molecular complexity index is 1140. The molecule has 0 radical (unpaired) electrons. The molecule has 0 atom stereocenters. The maximum atomic E-state index is 12.3. The lowest BCUT2D eigenvalue weighted by Crippen LogP contribution is -2.17. The number of amides is 1. The van der Waals surface area contributed by atoms with Gasteiger partial charge in [-0.1, -0.05) is 30.3 Å². The highest BCUT2D eigenvalue weighted by atomic mass is 16.5. The van der Waals surface area contributed by atoms with Gasteiger partial charge >= 0.3 is 0 Å². The van der Waals surface area contributed by atoms with Gasteiger partial charge in [-0.15, -0.1) is 5.10 Å². The Hall–Kier alpha value is -4.07. The minimum Gasteiger partial charge on any atom is -0.496 e. The van der Waals surface area contributed by atoms with Crippen molar-refractivity contribution in [2.45, 2.75) is 0 Å². The molecule has 0 saturated heterocycles. The molecular formula is C20H16N6O2. The average Bonchev–Trinajstić information content (AvgIpc) is 3.29. The molecular weight excluding hydrogens is 356 g/mol. The van der Waals surface area contributed by atoms with Gasteiger partial charge in [-0.25, -0.2) is 10.1 Å². The fraction of sp³-hybridized carbons (Fsp3) is 0.0500. The summed E-state index contributed by atoms with van der Waals surface area (Å²) in [5.41, 5.74) is 4.57. The van der Waals surface area contributed by atoms with Crippen LogP contribution in [-0.4, -0.2) is 39.4 Å². The molecule has 0 saturated carbocycles. The van der Waals surface area contributed by atoms with Gasteiger partial charge in [0, 0.05) is 11.1 Å². The third-order valence-corrected chi connectivity index (χ3v) is 4.25. The second-order valence-corrected chi connectivity index (χ2v) is 5.90. The van der Waals surface area contributed by atoms with Crippen molar-refractivity contribution in [3.05, 3.63) is 78.1 Å². The lowest BCUT2D eigenvalue weighted by Gasteiger charge is -2.08. The molecule has 1 aromatic heterocycles. The first-order valence-electron chi connectivity index (χ1n) is 8.49. The summed E-state index contributed by atoms with van der Waals surface area (Å²) in [6, 6.07) is 18.6. The SMILES string of the molecule is COc1ccc2ccccc2c1/C=N/NC(=O)c1ccc(-n2cnnn2)cc1. The van der Waals surface area contributed by atoms with Crippen molar-refractivity contribution in [3.63, 3.8) is 0 Å². The Morgan fingerprint density at radius 3 is 2.68 bits per heavy atom. The fourth-order valence-electron chi connectivity index (χ4n) is 2.85. The number of hydrogen-bond acceptors (Lipinski definition) is 6. The van der Waals surface area contributed by atoms with Gasteiger partial charge in [0.1, 0.15) is 12.1 Å². The number of nitrogens with zero attached hydrogens (tertiary/aromatic N) is 5. The summed E-state index contributed by atoms with van der Waals surface area (Å²) >= 11 is 0. The molecule has 28 heavy (non-hydrogen) atoms. The van der Waals surface area contributed by atoms with Gasteiger partial charge in [-0.3, -0.25) is 4.79 Å². The van der Waals surface area contributed by atoms with Crippen molar-refractivity contribution in [1.82, 2.24) is 25.6 Å².